The lowest BCUT2D eigenvalue weighted by Gasteiger charge is -2.05. The van der Waals surface area contributed by atoms with Crippen molar-refractivity contribution < 1.29 is 5.11 Å². The molecule has 1 unspecified atom stereocenters. The number of hydrogen-bond donors (Lipinski definition) is 1. The molecule has 1 aliphatic carbocycles. The summed E-state index contributed by atoms with van der Waals surface area (Å²) in [7, 11) is 0. The van der Waals surface area contributed by atoms with E-state index in [1.54, 1.807) is 6.07 Å². The van der Waals surface area contributed by atoms with Crippen LogP contribution in [-0.2, 0) is 6.42 Å². The third-order valence-electron chi connectivity index (χ3n) is 2.43. The Hall–Kier alpha value is -0.850. The summed E-state index contributed by atoms with van der Waals surface area (Å²) < 4.78 is 0.851. The van der Waals surface area contributed by atoms with Crippen LogP contribution in [0.25, 0.3) is 0 Å². The lowest BCUT2D eigenvalue weighted by molar-refractivity contribution is 0.180. The Labute approximate surface area is 84.9 Å². The number of nitriles is 1. The predicted octanol–water partition coefficient (Wildman–Crippen LogP) is 2.30. The third-order valence-corrected chi connectivity index (χ3v) is 3.33. The Morgan fingerprint density at radius 3 is 3.00 bits per heavy atom. The fourth-order valence-corrected chi connectivity index (χ4v) is 2.37. The number of rotatable bonds is 0. The summed E-state index contributed by atoms with van der Waals surface area (Å²) in [6, 6.07) is 5.70. The first-order valence-corrected chi connectivity index (χ1v) is 4.92. The lowest BCUT2D eigenvalue weighted by Crippen LogP contribution is -1.91. The normalized spacial score (nSPS) is 19.6. The Morgan fingerprint density at radius 1 is 1.54 bits per heavy atom. The Bertz CT molecular complexity index is 395. The van der Waals surface area contributed by atoms with E-state index >= 15 is 0 Å². The first-order valence-electron chi connectivity index (χ1n) is 4.13. The predicted molar refractivity (Wildman–Crippen MR) is 52.1 cm³/mol. The molecule has 3 heteroatoms. The van der Waals surface area contributed by atoms with Gasteiger partial charge in [0.15, 0.2) is 0 Å². The molecule has 1 aromatic rings. The zero-order valence-corrected chi connectivity index (χ0v) is 8.50. The zero-order valence-electron chi connectivity index (χ0n) is 6.92. The second kappa shape index (κ2) is 3.13. The number of hydrogen-bond acceptors (Lipinski definition) is 2. The van der Waals surface area contributed by atoms with Gasteiger partial charge < -0.3 is 5.11 Å². The summed E-state index contributed by atoms with van der Waals surface area (Å²) in [5.74, 6) is 0. The van der Waals surface area contributed by atoms with Crippen LogP contribution in [0.5, 0.6) is 0 Å². The first kappa shape index (κ1) is 8.74. The number of halogens is 1. The molecule has 66 valence electrons. The second-order valence-electron chi connectivity index (χ2n) is 3.16. The van der Waals surface area contributed by atoms with Gasteiger partial charge in [-0.05, 0) is 46.0 Å². The molecule has 0 amide bonds. The van der Waals surface area contributed by atoms with E-state index in [2.05, 4.69) is 22.0 Å². The number of nitrogens with zero attached hydrogens (tertiary/aromatic N) is 1. The van der Waals surface area contributed by atoms with Crippen molar-refractivity contribution in [1.82, 2.24) is 0 Å². The summed E-state index contributed by atoms with van der Waals surface area (Å²) >= 11 is 3.39. The van der Waals surface area contributed by atoms with Crippen molar-refractivity contribution in [2.24, 2.45) is 0 Å². The molecule has 2 nitrogen and oxygen atoms in total. The Kier molecular flexibility index (Phi) is 2.10. The fourth-order valence-electron chi connectivity index (χ4n) is 1.73. The van der Waals surface area contributed by atoms with Crippen LogP contribution in [-0.4, -0.2) is 5.11 Å². The molecule has 1 aliphatic rings. The third kappa shape index (κ3) is 1.27. The van der Waals surface area contributed by atoms with Crippen LogP contribution in [0.4, 0.5) is 0 Å². The number of benzene rings is 1. The molecule has 1 atom stereocenters. The number of fused-ring (bicyclic) bond motifs is 1. The van der Waals surface area contributed by atoms with E-state index in [-0.39, 0.29) is 6.10 Å². The van der Waals surface area contributed by atoms with E-state index in [4.69, 9.17) is 5.26 Å². The maximum absolute atomic E-state index is 9.57. The summed E-state index contributed by atoms with van der Waals surface area (Å²) in [5, 5.41) is 18.3. The van der Waals surface area contributed by atoms with Crippen LogP contribution in [0.2, 0.25) is 0 Å². The van der Waals surface area contributed by atoms with Crippen molar-refractivity contribution in [2.75, 3.05) is 0 Å². The molecule has 0 spiro atoms. The zero-order chi connectivity index (χ0) is 9.42. The standard InChI is InChI=1S/C10H8BrNO/c11-10-6(5-12)1-2-7-8(10)3-4-9(7)13/h1-2,9,13H,3-4H2. The molecule has 1 aromatic carbocycles. The molecule has 13 heavy (non-hydrogen) atoms. The molecule has 0 bridgehead atoms. The van der Waals surface area contributed by atoms with Gasteiger partial charge in [0.25, 0.3) is 0 Å². The summed E-state index contributed by atoms with van der Waals surface area (Å²) in [6.45, 7) is 0. The van der Waals surface area contributed by atoms with Crippen molar-refractivity contribution in [1.29, 1.82) is 5.26 Å². The van der Waals surface area contributed by atoms with Crippen LogP contribution >= 0.6 is 15.9 Å². The van der Waals surface area contributed by atoms with Crippen molar-refractivity contribution in [3.8, 4) is 6.07 Å². The van der Waals surface area contributed by atoms with E-state index in [1.165, 1.54) is 0 Å². The summed E-state index contributed by atoms with van der Waals surface area (Å²) in [5.41, 5.74) is 2.70. The van der Waals surface area contributed by atoms with Crippen molar-refractivity contribution in [3.05, 3.63) is 33.3 Å². The van der Waals surface area contributed by atoms with Crippen LogP contribution < -0.4 is 0 Å². The van der Waals surface area contributed by atoms with E-state index in [1.807, 2.05) is 6.07 Å². The molecule has 0 heterocycles. The molecule has 2 rings (SSSR count). The minimum absolute atomic E-state index is 0.348. The molecule has 0 fully saturated rings. The average molecular weight is 238 g/mol. The van der Waals surface area contributed by atoms with Gasteiger partial charge in [0.05, 0.1) is 11.7 Å². The molecule has 0 saturated heterocycles. The largest absolute Gasteiger partial charge is 0.388 e. The first-order chi connectivity index (χ1) is 6.24. The van der Waals surface area contributed by atoms with Crippen molar-refractivity contribution in [2.45, 2.75) is 18.9 Å². The topological polar surface area (TPSA) is 44.0 Å². The van der Waals surface area contributed by atoms with Crippen LogP contribution in [0.1, 0.15) is 29.2 Å². The second-order valence-corrected chi connectivity index (χ2v) is 3.95. The van der Waals surface area contributed by atoms with Gasteiger partial charge in [-0.15, -0.1) is 0 Å². The Morgan fingerprint density at radius 2 is 2.31 bits per heavy atom. The van der Waals surface area contributed by atoms with E-state index in [0.29, 0.717) is 5.56 Å². The van der Waals surface area contributed by atoms with Crippen LogP contribution in [0.3, 0.4) is 0 Å². The SMILES string of the molecule is N#Cc1ccc2c(c1Br)CCC2O. The van der Waals surface area contributed by atoms with Gasteiger partial charge in [0, 0.05) is 4.47 Å². The van der Waals surface area contributed by atoms with E-state index in [9.17, 15) is 5.11 Å². The molecule has 0 aromatic heterocycles. The molecular weight excluding hydrogens is 230 g/mol. The maximum atomic E-state index is 9.57. The van der Waals surface area contributed by atoms with Gasteiger partial charge >= 0.3 is 0 Å². The highest BCUT2D eigenvalue weighted by atomic mass is 79.9. The van der Waals surface area contributed by atoms with Gasteiger partial charge in [0.1, 0.15) is 6.07 Å². The van der Waals surface area contributed by atoms with Gasteiger partial charge in [-0.1, -0.05) is 6.07 Å². The molecular formula is C10H8BrNO. The van der Waals surface area contributed by atoms with Crippen LogP contribution in [0, 0.1) is 11.3 Å². The van der Waals surface area contributed by atoms with E-state index in [0.717, 1.165) is 28.4 Å². The smallest absolute Gasteiger partial charge is 0.100 e. The minimum atomic E-state index is -0.348. The fraction of sp³-hybridized carbons (Fsp3) is 0.300. The quantitative estimate of drug-likeness (QED) is 0.753. The van der Waals surface area contributed by atoms with Gasteiger partial charge in [-0.2, -0.15) is 5.26 Å². The highest BCUT2D eigenvalue weighted by molar-refractivity contribution is 9.10. The number of aliphatic hydroxyl groups is 1. The highest BCUT2D eigenvalue weighted by Crippen LogP contribution is 2.36. The number of aliphatic hydroxyl groups excluding tert-OH is 1. The minimum Gasteiger partial charge on any atom is -0.388 e. The molecule has 0 radical (unpaired) electrons. The lowest BCUT2D eigenvalue weighted by atomic mass is 10.1. The van der Waals surface area contributed by atoms with Crippen molar-refractivity contribution in [3.63, 3.8) is 0 Å². The molecule has 0 saturated carbocycles. The Balaban J connectivity index is 2.62. The van der Waals surface area contributed by atoms with Gasteiger partial charge in [-0.25, -0.2) is 0 Å². The average Bonchev–Trinajstić information content (AvgIpc) is 2.50. The molecule has 1 N–H and O–H groups in total. The van der Waals surface area contributed by atoms with E-state index < -0.39 is 0 Å². The summed E-state index contributed by atoms with van der Waals surface area (Å²) in [4.78, 5) is 0. The van der Waals surface area contributed by atoms with Crippen LogP contribution in [0.15, 0.2) is 16.6 Å². The monoisotopic (exact) mass is 237 g/mol. The summed E-state index contributed by atoms with van der Waals surface area (Å²) in [6.07, 6.45) is 1.27. The van der Waals surface area contributed by atoms with Gasteiger partial charge in [0.2, 0.25) is 0 Å². The molecule has 0 aliphatic heterocycles. The van der Waals surface area contributed by atoms with Crippen molar-refractivity contribution >= 4 is 15.9 Å². The maximum Gasteiger partial charge on any atom is 0.100 e. The highest BCUT2D eigenvalue weighted by Gasteiger charge is 2.23. The van der Waals surface area contributed by atoms with Gasteiger partial charge in [-0.3, -0.25) is 0 Å².